The highest BCUT2D eigenvalue weighted by atomic mass is 16.5. The molecule has 4 heteroatoms. The van der Waals surface area contributed by atoms with Crippen LogP contribution in [0.5, 0.6) is 5.75 Å². The number of para-hydroxylation sites is 1. The highest BCUT2D eigenvalue weighted by Gasteiger charge is 2.47. The Labute approximate surface area is 126 Å². The van der Waals surface area contributed by atoms with Crippen molar-refractivity contribution in [3.05, 3.63) is 29.8 Å². The smallest absolute Gasteiger partial charge is 0.237 e. The Balaban J connectivity index is 1.69. The molecule has 2 aliphatic carbocycles. The fourth-order valence-corrected chi connectivity index (χ4v) is 3.24. The summed E-state index contributed by atoms with van der Waals surface area (Å²) >= 11 is 0. The quantitative estimate of drug-likeness (QED) is 0.843. The molecule has 2 fully saturated rings. The molecule has 0 aromatic heterocycles. The van der Waals surface area contributed by atoms with E-state index in [1.807, 2.05) is 18.2 Å². The third-order valence-corrected chi connectivity index (χ3v) is 4.65. The van der Waals surface area contributed by atoms with Gasteiger partial charge in [-0.3, -0.25) is 4.79 Å². The zero-order chi connectivity index (χ0) is 14.9. The predicted molar refractivity (Wildman–Crippen MR) is 82.2 cm³/mol. The first-order valence-corrected chi connectivity index (χ1v) is 7.95. The normalized spacial score (nSPS) is 28.5. The summed E-state index contributed by atoms with van der Waals surface area (Å²) in [6.07, 6.45) is 5.65. The zero-order valence-corrected chi connectivity index (χ0v) is 12.6. The largest absolute Gasteiger partial charge is 0.490 e. The van der Waals surface area contributed by atoms with E-state index in [-0.39, 0.29) is 12.0 Å². The molecule has 0 aliphatic heterocycles. The minimum Gasteiger partial charge on any atom is -0.490 e. The molecular formula is C17H24N2O2. The lowest BCUT2D eigenvalue weighted by atomic mass is 9.96. The molecule has 21 heavy (non-hydrogen) atoms. The van der Waals surface area contributed by atoms with Crippen molar-refractivity contribution in [2.75, 3.05) is 0 Å². The second kappa shape index (κ2) is 5.68. The summed E-state index contributed by atoms with van der Waals surface area (Å²) in [6, 6.07) is 8.60. The number of benzene rings is 1. The summed E-state index contributed by atoms with van der Waals surface area (Å²) in [5.41, 5.74) is 6.31. The van der Waals surface area contributed by atoms with Gasteiger partial charge in [-0.15, -0.1) is 0 Å². The standard InChI is InChI=1S/C17H24N2O2/c1-2-12-5-3-4-6-15(12)21-14-9-10-17(11-14,16(18)20)19-13-7-8-13/h3-6,13-14,19H,2,7-11H2,1H3,(H2,18,20). The Bertz CT molecular complexity index is 527. The number of carbonyl (C=O) groups is 1. The first-order chi connectivity index (χ1) is 10.1. The average Bonchev–Trinajstić information content (AvgIpc) is 3.19. The lowest BCUT2D eigenvalue weighted by molar-refractivity contribution is -0.124. The Kier molecular flexibility index (Phi) is 3.89. The van der Waals surface area contributed by atoms with Crippen molar-refractivity contribution in [1.82, 2.24) is 5.32 Å². The van der Waals surface area contributed by atoms with Crippen molar-refractivity contribution in [2.24, 2.45) is 5.73 Å². The maximum absolute atomic E-state index is 11.9. The third-order valence-electron chi connectivity index (χ3n) is 4.65. The molecule has 0 heterocycles. The zero-order valence-electron chi connectivity index (χ0n) is 12.6. The number of hydrogen-bond donors (Lipinski definition) is 2. The van der Waals surface area contributed by atoms with E-state index in [2.05, 4.69) is 18.3 Å². The molecule has 2 unspecified atom stereocenters. The van der Waals surface area contributed by atoms with Gasteiger partial charge in [0, 0.05) is 12.5 Å². The Morgan fingerprint density at radius 3 is 2.81 bits per heavy atom. The number of carbonyl (C=O) groups excluding carboxylic acids is 1. The molecular weight excluding hydrogens is 264 g/mol. The second-order valence-electron chi connectivity index (χ2n) is 6.31. The van der Waals surface area contributed by atoms with Gasteiger partial charge in [-0.25, -0.2) is 0 Å². The van der Waals surface area contributed by atoms with Gasteiger partial charge >= 0.3 is 0 Å². The molecule has 0 saturated heterocycles. The van der Waals surface area contributed by atoms with E-state index in [1.165, 1.54) is 5.56 Å². The van der Waals surface area contributed by atoms with Crippen LogP contribution in [0.1, 0.15) is 44.6 Å². The summed E-state index contributed by atoms with van der Waals surface area (Å²) < 4.78 is 6.16. The van der Waals surface area contributed by atoms with Crippen molar-refractivity contribution in [3.8, 4) is 5.75 Å². The maximum Gasteiger partial charge on any atom is 0.237 e. The van der Waals surface area contributed by atoms with Gasteiger partial charge in [0.1, 0.15) is 17.4 Å². The van der Waals surface area contributed by atoms with E-state index in [1.54, 1.807) is 0 Å². The summed E-state index contributed by atoms with van der Waals surface area (Å²) in [4.78, 5) is 11.9. The molecule has 2 aliphatic rings. The van der Waals surface area contributed by atoms with Crippen LogP contribution in [0.4, 0.5) is 0 Å². The number of hydrogen-bond acceptors (Lipinski definition) is 3. The van der Waals surface area contributed by atoms with Crippen LogP contribution in [0.2, 0.25) is 0 Å². The number of ether oxygens (including phenoxy) is 1. The number of aryl methyl sites for hydroxylation is 1. The van der Waals surface area contributed by atoms with E-state index in [0.717, 1.165) is 37.9 Å². The number of primary amides is 1. The van der Waals surface area contributed by atoms with Crippen LogP contribution in [0.3, 0.4) is 0 Å². The number of nitrogens with two attached hydrogens (primary N) is 1. The van der Waals surface area contributed by atoms with Gasteiger partial charge in [-0.2, -0.15) is 0 Å². The topological polar surface area (TPSA) is 64.3 Å². The molecule has 1 aromatic rings. The van der Waals surface area contributed by atoms with E-state index in [9.17, 15) is 4.79 Å². The van der Waals surface area contributed by atoms with E-state index in [4.69, 9.17) is 10.5 Å². The lowest BCUT2D eigenvalue weighted by Crippen LogP contribution is -2.55. The average molecular weight is 288 g/mol. The van der Waals surface area contributed by atoms with Crippen LogP contribution in [-0.4, -0.2) is 23.6 Å². The van der Waals surface area contributed by atoms with Gasteiger partial charge in [-0.1, -0.05) is 25.1 Å². The maximum atomic E-state index is 11.9. The summed E-state index contributed by atoms with van der Waals surface area (Å²) in [5, 5.41) is 3.46. The number of rotatable bonds is 6. The van der Waals surface area contributed by atoms with E-state index >= 15 is 0 Å². The monoisotopic (exact) mass is 288 g/mol. The van der Waals surface area contributed by atoms with Crippen molar-refractivity contribution in [3.63, 3.8) is 0 Å². The SMILES string of the molecule is CCc1ccccc1OC1CCC(NC2CC2)(C(N)=O)C1. The second-order valence-corrected chi connectivity index (χ2v) is 6.31. The summed E-state index contributed by atoms with van der Waals surface area (Å²) in [6.45, 7) is 2.12. The van der Waals surface area contributed by atoms with Crippen LogP contribution < -0.4 is 15.8 Å². The minimum absolute atomic E-state index is 0.0662. The number of amides is 1. The van der Waals surface area contributed by atoms with Gasteiger partial charge in [-0.05, 0) is 43.7 Å². The first-order valence-electron chi connectivity index (χ1n) is 7.95. The Morgan fingerprint density at radius 1 is 1.38 bits per heavy atom. The van der Waals surface area contributed by atoms with Crippen molar-refractivity contribution >= 4 is 5.91 Å². The molecule has 2 atom stereocenters. The van der Waals surface area contributed by atoms with Gasteiger partial charge in [0.2, 0.25) is 5.91 Å². The van der Waals surface area contributed by atoms with E-state index < -0.39 is 5.54 Å². The molecule has 3 rings (SSSR count). The van der Waals surface area contributed by atoms with Crippen LogP contribution >= 0.6 is 0 Å². The fraction of sp³-hybridized carbons (Fsp3) is 0.588. The minimum atomic E-state index is -0.563. The van der Waals surface area contributed by atoms with Gasteiger partial charge in [0.15, 0.2) is 0 Å². The van der Waals surface area contributed by atoms with Crippen LogP contribution in [0, 0.1) is 0 Å². The van der Waals surface area contributed by atoms with Gasteiger partial charge in [0.05, 0.1) is 0 Å². The lowest BCUT2D eigenvalue weighted by Gasteiger charge is -2.27. The molecule has 0 bridgehead atoms. The molecule has 0 radical (unpaired) electrons. The van der Waals surface area contributed by atoms with Crippen molar-refractivity contribution in [1.29, 1.82) is 0 Å². The Morgan fingerprint density at radius 2 is 2.14 bits per heavy atom. The van der Waals surface area contributed by atoms with Crippen LogP contribution in [0.15, 0.2) is 24.3 Å². The summed E-state index contributed by atoms with van der Waals surface area (Å²) in [7, 11) is 0. The number of nitrogens with one attached hydrogen (secondary N) is 1. The predicted octanol–water partition coefficient (Wildman–Crippen LogP) is 2.16. The molecule has 4 nitrogen and oxygen atoms in total. The van der Waals surface area contributed by atoms with Crippen molar-refractivity contribution in [2.45, 2.75) is 63.1 Å². The molecule has 1 aromatic carbocycles. The summed E-state index contributed by atoms with van der Waals surface area (Å²) in [5.74, 6) is 0.709. The van der Waals surface area contributed by atoms with Crippen LogP contribution in [0.25, 0.3) is 0 Å². The van der Waals surface area contributed by atoms with E-state index in [0.29, 0.717) is 12.5 Å². The fourth-order valence-electron chi connectivity index (χ4n) is 3.24. The van der Waals surface area contributed by atoms with Gasteiger partial charge < -0.3 is 15.8 Å². The van der Waals surface area contributed by atoms with Crippen molar-refractivity contribution < 1.29 is 9.53 Å². The van der Waals surface area contributed by atoms with Crippen LogP contribution in [-0.2, 0) is 11.2 Å². The Hall–Kier alpha value is -1.55. The third kappa shape index (κ3) is 3.05. The highest BCUT2D eigenvalue weighted by molar-refractivity contribution is 5.85. The first kappa shape index (κ1) is 14.4. The highest BCUT2D eigenvalue weighted by Crippen LogP contribution is 2.36. The molecule has 1 amide bonds. The van der Waals surface area contributed by atoms with Gasteiger partial charge in [0.25, 0.3) is 0 Å². The molecule has 0 spiro atoms. The molecule has 3 N–H and O–H groups in total. The molecule has 2 saturated carbocycles. The molecule has 114 valence electrons.